The number of rotatable bonds is 8. The Labute approximate surface area is 215 Å². The standard InChI is InChI=1S/C29H28N2O6/c1-4-37-29(35)21-13-15-23(16-14-21)31-26(32)18-25(28(31)34)30(19(2)20-9-6-5-7-10-20)27(33)22-11-8-12-24(17-22)36-3/h5-17,19,25H,4,18H2,1-3H3. The molecule has 0 aliphatic carbocycles. The van der Waals surface area contributed by atoms with Crippen LogP contribution in [-0.4, -0.2) is 48.3 Å². The minimum atomic E-state index is -1.01. The van der Waals surface area contributed by atoms with E-state index in [2.05, 4.69) is 0 Å². The molecule has 0 bridgehead atoms. The molecule has 8 heteroatoms. The summed E-state index contributed by atoms with van der Waals surface area (Å²) in [7, 11) is 1.51. The summed E-state index contributed by atoms with van der Waals surface area (Å²) >= 11 is 0. The van der Waals surface area contributed by atoms with E-state index in [1.165, 1.54) is 36.3 Å². The fourth-order valence-corrected chi connectivity index (χ4v) is 4.45. The summed E-state index contributed by atoms with van der Waals surface area (Å²) in [5.41, 5.74) is 1.82. The van der Waals surface area contributed by atoms with Gasteiger partial charge in [0, 0.05) is 5.56 Å². The van der Waals surface area contributed by atoms with E-state index >= 15 is 0 Å². The minimum Gasteiger partial charge on any atom is -0.497 e. The van der Waals surface area contributed by atoms with Gasteiger partial charge in [0.1, 0.15) is 11.8 Å². The quantitative estimate of drug-likeness (QED) is 0.336. The van der Waals surface area contributed by atoms with E-state index < -0.39 is 29.9 Å². The number of hydrogen-bond acceptors (Lipinski definition) is 6. The Morgan fingerprint density at radius 1 is 0.973 bits per heavy atom. The maximum absolute atomic E-state index is 13.8. The molecule has 4 rings (SSSR count). The van der Waals surface area contributed by atoms with Crippen molar-refractivity contribution in [1.29, 1.82) is 0 Å². The van der Waals surface area contributed by atoms with Crippen LogP contribution in [-0.2, 0) is 14.3 Å². The van der Waals surface area contributed by atoms with E-state index in [0.29, 0.717) is 22.6 Å². The molecule has 1 saturated heterocycles. The molecule has 2 unspecified atom stereocenters. The number of benzene rings is 3. The Bertz CT molecular complexity index is 1310. The van der Waals surface area contributed by atoms with Crippen molar-refractivity contribution in [3.63, 3.8) is 0 Å². The second-order valence-electron chi connectivity index (χ2n) is 8.59. The zero-order valence-corrected chi connectivity index (χ0v) is 20.9. The first-order valence-corrected chi connectivity index (χ1v) is 12.0. The predicted molar refractivity (Wildman–Crippen MR) is 137 cm³/mol. The average molecular weight is 501 g/mol. The largest absolute Gasteiger partial charge is 0.497 e. The normalized spacial score (nSPS) is 15.9. The Morgan fingerprint density at radius 3 is 2.32 bits per heavy atom. The van der Waals surface area contributed by atoms with Gasteiger partial charge in [0.05, 0.1) is 37.4 Å². The molecule has 0 spiro atoms. The van der Waals surface area contributed by atoms with Crippen molar-refractivity contribution in [2.24, 2.45) is 0 Å². The van der Waals surface area contributed by atoms with Gasteiger partial charge in [-0.1, -0.05) is 36.4 Å². The third kappa shape index (κ3) is 5.23. The summed E-state index contributed by atoms with van der Waals surface area (Å²) in [6.07, 6.45) is -0.161. The number of ether oxygens (including phenoxy) is 2. The van der Waals surface area contributed by atoms with Gasteiger partial charge in [0.15, 0.2) is 0 Å². The van der Waals surface area contributed by atoms with Crippen LogP contribution in [0.4, 0.5) is 5.69 Å². The van der Waals surface area contributed by atoms with Crippen LogP contribution in [0.2, 0.25) is 0 Å². The van der Waals surface area contributed by atoms with Gasteiger partial charge in [0.25, 0.3) is 11.8 Å². The van der Waals surface area contributed by atoms with Crippen molar-refractivity contribution in [3.8, 4) is 5.75 Å². The number of imide groups is 1. The highest BCUT2D eigenvalue weighted by Gasteiger charge is 2.46. The van der Waals surface area contributed by atoms with Crippen LogP contribution in [0.5, 0.6) is 5.75 Å². The summed E-state index contributed by atoms with van der Waals surface area (Å²) < 4.78 is 10.3. The lowest BCUT2D eigenvalue weighted by atomic mass is 10.0. The smallest absolute Gasteiger partial charge is 0.338 e. The second kappa shape index (κ2) is 11.1. The molecule has 3 aromatic carbocycles. The van der Waals surface area contributed by atoms with Crippen molar-refractivity contribution in [3.05, 3.63) is 95.6 Å². The molecular weight excluding hydrogens is 472 g/mol. The first-order valence-electron chi connectivity index (χ1n) is 12.0. The number of carbonyl (C=O) groups excluding carboxylic acids is 4. The molecule has 0 N–H and O–H groups in total. The summed E-state index contributed by atoms with van der Waals surface area (Å²) in [4.78, 5) is 55.1. The molecule has 0 radical (unpaired) electrons. The third-order valence-electron chi connectivity index (χ3n) is 6.35. The highest BCUT2D eigenvalue weighted by Crippen LogP contribution is 2.33. The number of methoxy groups -OCH3 is 1. The van der Waals surface area contributed by atoms with Gasteiger partial charge in [-0.3, -0.25) is 14.4 Å². The molecule has 8 nitrogen and oxygen atoms in total. The van der Waals surface area contributed by atoms with E-state index in [-0.39, 0.29) is 18.9 Å². The lowest BCUT2D eigenvalue weighted by Crippen LogP contribution is -2.46. The van der Waals surface area contributed by atoms with E-state index in [4.69, 9.17) is 9.47 Å². The summed E-state index contributed by atoms with van der Waals surface area (Å²) in [5, 5.41) is 0. The first-order chi connectivity index (χ1) is 17.8. The maximum Gasteiger partial charge on any atom is 0.338 e. The lowest BCUT2D eigenvalue weighted by Gasteiger charge is -2.33. The van der Waals surface area contributed by atoms with Gasteiger partial charge in [0.2, 0.25) is 5.91 Å². The molecule has 3 amide bonds. The van der Waals surface area contributed by atoms with Gasteiger partial charge >= 0.3 is 5.97 Å². The van der Waals surface area contributed by atoms with E-state index in [0.717, 1.165) is 10.5 Å². The summed E-state index contributed by atoms with van der Waals surface area (Å²) in [6.45, 7) is 3.78. The van der Waals surface area contributed by atoms with Gasteiger partial charge in [-0.15, -0.1) is 0 Å². The fraction of sp³-hybridized carbons (Fsp3) is 0.241. The zero-order valence-electron chi connectivity index (χ0n) is 20.9. The van der Waals surface area contributed by atoms with Gasteiger partial charge < -0.3 is 14.4 Å². The Kier molecular flexibility index (Phi) is 7.67. The number of amides is 3. The van der Waals surface area contributed by atoms with Crippen LogP contribution in [0, 0.1) is 0 Å². The molecule has 37 heavy (non-hydrogen) atoms. The van der Waals surface area contributed by atoms with Crippen molar-refractivity contribution in [1.82, 2.24) is 4.90 Å². The van der Waals surface area contributed by atoms with Crippen molar-refractivity contribution in [2.45, 2.75) is 32.4 Å². The Balaban J connectivity index is 1.69. The molecule has 1 aliphatic heterocycles. The summed E-state index contributed by atoms with van der Waals surface area (Å²) in [5.74, 6) is -1.30. The van der Waals surface area contributed by atoms with Crippen molar-refractivity contribution < 1.29 is 28.7 Å². The van der Waals surface area contributed by atoms with E-state index in [1.807, 2.05) is 37.3 Å². The van der Waals surface area contributed by atoms with Gasteiger partial charge in [-0.05, 0) is 61.9 Å². The Hall–Kier alpha value is -4.46. The first kappa shape index (κ1) is 25.6. The zero-order chi connectivity index (χ0) is 26.5. The molecular formula is C29H28N2O6. The monoisotopic (exact) mass is 500 g/mol. The highest BCUT2D eigenvalue weighted by atomic mass is 16.5. The van der Waals surface area contributed by atoms with Gasteiger partial charge in [-0.25, -0.2) is 9.69 Å². The molecule has 2 atom stereocenters. The maximum atomic E-state index is 13.8. The molecule has 1 fully saturated rings. The van der Waals surface area contributed by atoms with Crippen LogP contribution < -0.4 is 9.64 Å². The topological polar surface area (TPSA) is 93.2 Å². The van der Waals surface area contributed by atoms with E-state index in [1.54, 1.807) is 31.2 Å². The van der Waals surface area contributed by atoms with Crippen molar-refractivity contribution >= 4 is 29.4 Å². The average Bonchev–Trinajstić information content (AvgIpc) is 3.22. The van der Waals surface area contributed by atoms with Crippen LogP contribution in [0.1, 0.15) is 52.6 Å². The van der Waals surface area contributed by atoms with Crippen LogP contribution in [0.3, 0.4) is 0 Å². The molecule has 0 aromatic heterocycles. The van der Waals surface area contributed by atoms with E-state index in [9.17, 15) is 19.2 Å². The van der Waals surface area contributed by atoms with Crippen LogP contribution >= 0.6 is 0 Å². The summed E-state index contributed by atoms with van der Waals surface area (Å²) in [6, 6.07) is 20.6. The molecule has 1 heterocycles. The number of carbonyl (C=O) groups is 4. The third-order valence-corrected chi connectivity index (χ3v) is 6.35. The molecule has 3 aromatic rings. The number of anilines is 1. The predicted octanol–water partition coefficient (Wildman–Crippen LogP) is 4.41. The van der Waals surface area contributed by atoms with Crippen LogP contribution in [0.15, 0.2) is 78.9 Å². The minimum absolute atomic E-state index is 0.161. The SMILES string of the molecule is CCOC(=O)c1ccc(N2C(=O)CC(N(C(=O)c3cccc(OC)c3)C(C)c3ccccc3)C2=O)cc1. The number of hydrogen-bond donors (Lipinski definition) is 0. The second-order valence-corrected chi connectivity index (χ2v) is 8.59. The molecule has 190 valence electrons. The molecule has 1 aliphatic rings. The molecule has 0 saturated carbocycles. The van der Waals surface area contributed by atoms with Crippen LogP contribution in [0.25, 0.3) is 0 Å². The lowest BCUT2D eigenvalue weighted by molar-refractivity contribution is -0.122. The number of esters is 1. The highest BCUT2D eigenvalue weighted by molar-refractivity contribution is 6.23. The Morgan fingerprint density at radius 2 is 1.68 bits per heavy atom. The van der Waals surface area contributed by atoms with Crippen molar-refractivity contribution in [2.75, 3.05) is 18.6 Å². The van der Waals surface area contributed by atoms with Gasteiger partial charge in [-0.2, -0.15) is 0 Å². The number of nitrogens with zero attached hydrogens (tertiary/aromatic N) is 2. The fourth-order valence-electron chi connectivity index (χ4n) is 4.45.